The fourth-order valence-corrected chi connectivity index (χ4v) is 4.49. The lowest BCUT2D eigenvalue weighted by molar-refractivity contribution is 0.154. The van der Waals surface area contributed by atoms with E-state index in [1.54, 1.807) is 6.20 Å². The summed E-state index contributed by atoms with van der Waals surface area (Å²) in [5.41, 5.74) is 0.857. The summed E-state index contributed by atoms with van der Waals surface area (Å²) in [6.45, 7) is 3.96. The van der Waals surface area contributed by atoms with Gasteiger partial charge in [-0.3, -0.25) is 9.45 Å². The zero-order valence-corrected chi connectivity index (χ0v) is 15.0. The minimum atomic E-state index is -4.29. The average Bonchev–Trinajstić information content (AvgIpc) is 2.84. The van der Waals surface area contributed by atoms with Crippen LogP contribution in [0.25, 0.3) is 0 Å². The van der Waals surface area contributed by atoms with E-state index in [4.69, 9.17) is 0 Å². The quantitative estimate of drug-likeness (QED) is 0.794. The van der Waals surface area contributed by atoms with Crippen molar-refractivity contribution in [1.29, 1.82) is 0 Å². The summed E-state index contributed by atoms with van der Waals surface area (Å²) in [5.74, 6) is 0.542. The first-order valence-corrected chi connectivity index (χ1v) is 9.37. The van der Waals surface area contributed by atoms with Crippen molar-refractivity contribution in [2.75, 3.05) is 14.1 Å². The molecule has 23 heavy (non-hydrogen) atoms. The van der Waals surface area contributed by atoms with Gasteiger partial charge in [-0.15, -0.1) is 0 Å². The largest absolute Gasteiger partial charge is 0.337 e. The minimum Gasteiger partial charge on any atom is -0.293 e. The van der Waals surface area contributed by atoms with Crippen LogP contribution in [-0.2, 0) is 10.3 Å². The third kappa shape index (κ3) is 4.06. The van der Waals surface area contributed by atoms with Gasteiger partial charge >= 0.3 is 10.3 Å². The molecule has 0 spiro atoms. The van der Waals surface area contributed by atoms with E-state index in [1.165, 1.54) is 4.31 Å². The number of aryl methyl sites for hydroxylation is 1. The Bertz CT molecular complexity index is 635. The molecule has 3 unspecified atom stereocenters. The van der Waals surface area contributed by atoms with Gasteiger partial charge in [-0.25, -0.2) is 9.97 Å². The predicted octanol–water partition coefficient (Wildman–Crippen LogP) is 1.82. The summed E-state index contributed by atoms with van der Waals surface area (Å²) in [7, 11) is -0.654. The molecule has 1 aromatic rings. The summed E-state index contributed by atoms with van der Waals surface area (Å²) in [5, 5.41) is 0. The van der Waals surface area contributed by atoms with Crippen molar-refractivity contribution in [2.45, 2.75) is 57.7 Å². The smallest absolute Gasteiger partial charge is 0.293 e. The summed E-state index contributed by atoms with van der Waals surface area (Å²) >= 11 is 0. The molecule has 0 radical (unpaired) electrons. The fraction of sp³-hybridized carbons (Fsp3) is 0.733. The minimum absolute atomic E-state index is 0.115. The van der Waals surface area contributed by atoms with Crippen LogP contribution in [0.4, 0.5) is 0 Å². The Morgan fingerprint density at radius 3 is 2.65 bits per heavy atom. The monoisotopic (exact) mass is 342 g/mol. The van der Waals surface area contributed by atoms with Gasteiger partial charge in [0.25, 0.3) is 0 Å². The highest BCUT2D eigenvalue weighted by Gasteiger charge is 2.49. The molecule has 0 bridgehead atoms. The SMILES string of the molecule is CCCCC1C(c2nccc(C)n2)CC(N(C)C)N1S(=O)(=O)O. The van der Waals surface area contributed by atoms with E-state index >= 15 is 0 Å². The van der Waals surface area contributed by atoms with Crippen molar-refractivity contribution in [3.05, 3.63) is 23.8 Å². The molecular formula is C15H26N4O3S. The number of hydrogen-bond donors (Lipinski definition) is 1. The van der Waals surface area contributed by atoms with Gasteiger partial charge in [0, 0.05) is 23.9 Å². The maximum absolute atomic E-state index is 12.0. The van der Waals surface area contributed by atoms with Crippen molar-refractivity contribution < 1.29 is 13.0 Å². The number of nitrogens with zero attached hydrogens (tertiary/aromatic N) is 4. The van der Waals surface area contributed by atoms with Crippen LogP contribution in [0.1, 0.15) is 50.0 Å². The van der Waals surface area contributed by atoms with E-state index in [9.17, 15) is 13.0 Å². The molecule has 130 valence electrons. The lowest BCUT2D eigenvalue weighted by Gasteiger charge is -2.30. The molecule has 2 rings (SSSR count). The maximum Gasteiger partial charge on any atom is 0.337 e. The zero-order valence-electron chi connectivity index (χ0n) is 14.2. The van der Waals surface area contributed by atoms with Crippen LogP contribution in [0.5, 0.6) is 0 Å². The first kappa shape index (κ1) is 18.3. The second-order valence-electron chi connectivity index (χ2n) is 6.36. The van der Waals surface area contributed by atoms with Crippen molar-refractivity contribution in [3.63, 3.8) is 0 Å². The molecule has 1 N–H and O–H groups in total. The highest BCUT2D eigenvalue weighted by atomic mass is 32.2. The Morgan fingerprint density at radius 1 is 1.43 bits per heavy atom. The first-order chi connectivity index (χ1) is 10.8. The maximum atomic E-state index is 12.0. The Morgan fingerprint density at radius 2 is 2.13 bits per heavy atom. The molecule has 0 aromatic carbocycles. The van der Waals surface area contributed by atoms with Gasteiger partial charge < -0.3 is 0 Å². The molecule has 1 aliphatic rings. The summed E-state index contributed by atoms with van der Waals surface area (Å²) < 4.78 is 35.0. The Hall–Kier alpha value is -1.09. The molecule has 1 aromatic heterocycles. The third-order valence-corrected chi connectivity index (χ3v) is 5.46. The lowest BCUT2D eigenvalue weighted by Crippen LogP contribution is -2.47. The highest BCUT2D eigenvalue weighted by molar-refractivity contribution is 7.83. The van der Waals surface area contributed by atoms with Crippen LogP contribution in [0.3, 0.4) is 0 Å². The molecule has 8 heteroatoms. The van der Waals surface area contributed by atoms with Gasteiger partial charge in [-0.05, 0) is 39.9 Å². The Balaban J connectivity index is 2.44. The molecule has 1 fully saturated rings. The highest BCUT2D eigenvalue weighted by Crippen LogP contribution is 2.40. The summed E-state index contributed by atoms with van der Waals surface area (Å²) in [6.07, 6.45) is 4.42. The molecule has 1 aliphatic heterocycles. The second kappa shape index (κ2) is 7.21. The molecular weight excluding hydrogens is 316 g/mol. The van der Waals surface area contributed by atoms with E-state index in [0.29, 0.717) is 18.7 Å². The first-order valence-electron chi connectivity index (χ1n) is 7.97. The van der Waals surface area contributed by atoms with Crippen molar-refractivity contribution in [1.82, 2.24) is 19.2 Å². The van der Waals surface area contributed by atoms with E-state index in [2.05, 4.69) is 16.9 Å². The number of aromatic nitrogens is 2. The van der Waals surface area contributed by atoms with E-state index in [0.717, 1.165) is 18.5 Å². The van der Waals surface area contributed by atoms with Gasteiger partial charge in [-0.1, -0.05) is 19.8 Å². The van der Waals surface area contributed by atoms with Gasteiger partial charge in [0.15, 0.2) is 0 Å². The molecule has 0 saturated carbocycles. The van der Waals surface area contributed by atoms with Gasteiger partial charge in [-0.2, -0.15) is 12.7 Å². The van der Waals surface area contributed by atoms with Gasteiger partial charge in [0.2, 0.25) is 0 Å². The lowest BCUT2D eigenvalue weighted by atomic mass is 9.95. The molecule has 3 atom stereocenters. The van der Waals surface area contributed by atoms with E-state index in [-0.39, 0.29) is 18.1 Å². The van der Waals surface area contributed by atoms with Crippen LogP contribution in [0.2, 0.25) is 0 Å². The van der Waals surface area contributed by atoms with E-state index < -0.39 is 10.3 Å². The number of hydrogen-bond acceptors (Lipinski definition) is 5. The average molecular weight is 342 g/mol. The van der Waals surface area contributed by atoms with Gasteiger partial charge in [0.05, 0.1) is 6.17 Å². The summed E-state index contributed by atoms with van der Waals surface area (Å²) in [4.78, 5) is 10.7. The van der Waals surface area contributed by atoms with Crippen molar-refractivity contribution >= 4 is 10.3 Å². The summed E-state index contributed by atoms with van der Waals surface area (Å²) in [6, 6.07) is 1.50. The molecule has 7 nitrogen and oxygen atoms in total. The topological polar surface area (TPSA) is 86.6 Å². The van der Waals surface area contributed by atoms with Crippen LogP contribution >= 0.6 is 0 Å². The van der Waals surface area contributed by atoms with Crippen LogP contribution in [0, 0.1) is 6.92 Å². The Kier molecular flexibility index (Phi) is 5.72. The molecule has 1 saturated heterocycles. The fourth-order valence-electron chi connectivity index (χ4n) is 3.32. The van der Waals surface area contributed by atoms with Crippen molar-refractivity contribution in [2.24, 2.45) is 0 Å². The molecule has 0 aliphatic carbocycles. The Labute approximate surface area is 138 Å². The second-order valence-corrected chi connectivity index (χ2v) is 7.68. The van der Waals surface area contributed by atoms with Crippen LogP contribution < -0.4 is 0 Å². The van der Waals surface area contributed by atoms with Crippen LogP contribution in [-0.4, -0.2) is 58.4 Å². The normalized spacial score (nSPS) is 26.1. The number of rotatable bonds is 6. The molecule has 2 heterocycles. The standard InChI is InChI=1S/C15H26N4O3S/c1-5-6-7-13-12(15-16-9-8-11(2)17-15)10-14(18(3)4)19(13)23(20,21)22/h8-9,12-14H,5-7,10H2,1-4H3,(H,20,21,22). The zero-order chi connectivity index (χ0) is 17.2. The third-order valence-electron chi connectivity index (χ3n) is 4.41. The van der Waals surface area contributed by atoms with Gasteiger partial charge in [0.1, 0.15) is 5.82 Å². The predicted molar refractivity (Wildman–Crippen MR) is 88.3 cm³/mol. The number of unbranched alkanes of at least 4 members (excludes halogenated alkanes) is 1. The molecule has 0 amide bonds. The van der Waals surface area contributed by atoms with Crippen molar-refractivity contribution in [3.8, 4) is 0 Å². The van der Waals surface area contributed by atoms with E-state index in [1.807, 2.05) is 32.0 Å². The van der Waals surface area contributed by atoms with Crippen LogP contribution in [0.15, 0.2) is 12.3 Å².